The normalized spacial score (nSPS) is 27.7. The lowest BCUT2D eigenvalue weighted by Crippen LogP contribution is -2.45. The summed E-state index contributed by atoms with van der Waals surface area (Å²) in [7, 11) is 0. The monoisotopic (exact) mass is 510 g/mol. The summed E-state index contributed by atoms with van der Waals surface area (Å²) in [6.07, 6.45) is 3.52. The lowest BCUT2D eigenvalue weighted by Gasteiger charge is -2.20. The zero-order chi connectivity index (χ0) is 19.7. The van der Waals surface area contributed by atoms with Gasteiger partial charge in [-0.3, -0.25) is 9.79 Å². The first-order chi connectivity index (χ1) is 13.6. The molecule has 3 aliphatic rings. The molecule has 1 aliphatic heterocycles. The molecule has 1 saturated heterocycles. The van der Waals surface area contributed by atoms with Crippen LogP contribution in [-0.2, 0) is 11.2 Å². The van der Waals surface area contributed by atoms with Crippen LogP contribution in [0, 0.1) is 17.8 Å². The van der Waals surface area contributed by atoms with Crippen molar-refractivity contribution in [3.05, 3.63) is 35.4 Å². The molecule has 0 radical (unpaired) electrons. The van der Waals surface area contributed by atoms with Crippen LogP contribution < -0.4 is 10.6 Å². The zero-order valence-corrected chi connectivity index (χ0v) is 20.2. The number of amides is 1. The number of hydrogen-bond donors (Lipinski definition) is 2. The largest absolute Gasteiger partial charge is 0.357 e. The molecule has 1 amide bonds. The highest BCUT2D eigenvalue weighted by molar-refractivity contribution is 14.0. The number of aryl methyl sites for hydroxylation is 1. The summed E-state index contributed by atoms with van der Waals surface area (Å²) in [5.74, 6) is 3.44. The van der Waals surface area contributed by atoms with Gasteiger partial charge in [-0.1, -0.05) is 38.1 Å². The maximum Gasteiger partial charge on any atom is 0.225 e. The molecular formula is C23H35IN4O. The maximum absolute atomic E-state index is 12.2. The number of nitrogens with zero attached hydrogens (tertiary/aromatic N) is 2. The number of likely N-dealkylation sites (tertiary alicyclic amines) is 1. The maximum atomic E-state index is 12.2. The number of benzene rings is 1. The quantitative estimate of drug-likeness (QED) is 0.363. The Morgan fingerprint density at radius 2 is 2.07 bits per heavy atom. The molecule has 5 nitrogen and oxygen atoms in total. The van der Waals surface area contributed by atoms with E-state index in [-0.39, 0.29) is 35.8 Å². The zero-order valence-electron chi connectivity index (χ0n) is 17.9. The Balaban J connectivity index is 0.00000240. The number of carbonyl (C=O) groups is 1. The van der Waals surface area contributed by atoms with Crippen LogP contribution in [0.4, 0.5) is 0 Å². The molecule has 0 bridgehead atoms. The second-order valence-corrected chi connectivity index (χ2v) is 8.88. The Morgan fingerprint density at radius 3 is 2.83 bits per heavy atom. The number of carbonyl (C=O) groups excluding carboxylic acids is 1. The summed E-state index contributed by atoms with van der Waals surface area (Å²) < 4.78 is 0. The Bertz CT molecular complexity index is 750. The lowest BCUT2D eigenvalue weighted by molar-refractivity contribution is -0.133. The highest BCUT2D eigenvalue weighted by atomic mass is 127. The van der Waals surface area contributed by atoms with Crippen LogP contribution in [0.3, 0.4) is 0 Å². The molecule has 2 fully saturated rings. The summed E-state index contributed by atoms with van der Waals surface area (Å²) in [6, 6.07) is 9.24. The van der Waals surface area contributed by atoms with Crippen molar-refractivity contribution in [2.75, 3.05) is 26.2 Å². The summed E-state index contributed by atoms with van der Waals surface area (Å²) >= 11 is 0. The molecular weight excluding hydrogens is 475 g/mol. The molecule has 2 aliphatic carbocycles. The molecule has 4 rings (SSSR count). The second kappa shape index (κ2) is 9.67. The number of rotatable bonds is 5. The molecule has 29 heavy (non-hydrogen) atoms. The summed E-state index contributed by atoms with van der Waals surface area (Å²) in [5, 5.41) is 6.96. The highest BCUT2D eigenvalue weighted by Gasteiger charge is 2.52. The molecule has 6 heteroatoms. The van der Waals surface area contributed by atoms with Crippen molar-refractivity contribution in [1.29, 1.82) is 0 Å². The van der Waals surface area contributed by atoms with Crippen molar-refractivity contribution in [3.8, 4) is 0 Å². The van der Waals surface area contributed by atoms with E-state index in [9.17, 15) is 4.79 Å². The summed E-state index contributed by atoms with van der Waals surface area (Å²) in [4.78, 5) is 19.1. The van der Waals surface area contributed by atoms with Gasteiger partial charge in [0.15, 0.2) is 5.96 Å². The number of fused-ring (bicyclic) bond motifs is 3. The Morgan fingerprint density at radius 1 is 1.28 bits per heavy atom. The average Bonchev–Trinajstić information content (AvgIpc) is 3.23. The molecule has 1 heterocycles. The van der Waals surface area contributed by atoms with Gasteiger partial charge >= 0.3 is 0 Å². The second-order valence-electron chi connectivity index (χ2n) is 8.88. The topological polar surface area (TPSA) is 56.7 Å². The average molecular weight is 510 g/mol. The van der Waals surface area contributed by atoms with Crippen LogP contribution in [0.5, 0.6) is 0 Å². The fourth-order valence-electron chi connectivity index (χ4n) is 5.11. The van der Waals surface area contributed by atoms with E-state index >= 15 is 0 Å². The SMILES string of the molecule is CCNC(=NCC1C2CCc3ccccc3C21)NC1CCN(C(=O)C(C)C)C1.I. The number of nitrogens with one attached hydrogen (secondary N) is 2. The van der Waals surface area contributed by atoms with Crippen molar-refractivity contribution in [2.45, 2.75) is 52.0 Å². The van der Waals surface area contributed by atoms with Crippen molar-refractivity contribution < 1.29 is 4.79 Å². The predicted octanol–water partition coefficient (Wildman–Crippen LogP) is 3.39. The summed E-state index contributed by atoms with van der Waals surface area (Å²) in [5.41, 5.74) is 3.11. The van der Waals surface area contributed by atoms with Crippen LogP contribution in [0.1, 0.15) is 50.7 Å². The third-order valence-electron chi connectivity index (χ3n) is 6.63. The van der Waals surface area contributed by atoms with Gasteiger partial charge in [-0.25, -0.2) is 0 Å². The Kier molecular flexibility index (Phi) is 7.46. The van der Waals surface area contributed by atoms with E-state index < -0.39 is 0 Å². The van der Waals surface area contributed by atoms with Crippen molar-refractivity contribution >= 4 is 35.8 Å². The van der Waals surface area contributed by atoms with Crippen LogP contribution in [-0.4, -0.2) is 49.0 Å². The van der Waals surface area contributed by atoms with Gasteiger partial charge in [0.2, 0.25) is 5.91 Å². The molecule has 4 unspecified atom stereocenters. The van der Waals surface area contributed by atoms with E-state index in [2.05, 4.69) is 41.8 Å². The fourth-order valence-corrected chi connectivity index (χ4v) is 5.11. The minimum atomic E-state index is 0. The van der Waals surface area contributed by atoms with Gasteiger partial charge in [0.25, 0.3) is 0 Å². The van der Waals surface area contributed by atoms with Gasteiger partial charge in [-0.2, -0.15) is 0 Å². The third kappa shape index (κ3) is 4.89. The van der Waals surface area contributed by atoms with Crippen LogP contribution in [0.15, 0.2) is 29.3 Å². The van der Waals surface area contributed by atoms with Gasteiger partial charge in [0.1, 0.15) is 0 Å². The van der Waals surface area contributed by atoms with Crippen molar-refractivity contribution in [2.24, 2.45) is 22.7 Å². The first kappa shape index (κ1) is 22.4. The van der Waals surface area contributed by atoms with E-state index in [0.717, 1.165) is 44.5 Å². The molecule has 1 aromatic rings. The molecule has 2 N–H and O–H groups in total. The van der Waals surface area contributed by atoms with Gasteiger partial charge in [0.05, 0.1) is 0 Å². The first-order valence-electron chi connectivity index (χ1n) is 11.0. The molecule has 1 aromatic carbocycles. The number of aliphatic imine (C=N–C) groups is 1. The van der Waals surface area contributed by atoms with E-state index in [4.69, 9.17) is 4.99 Å². The molecule has 0 spiro atoms. The van der Waals surface area contributed by atoms with Crippen LogP contribution >= 0.6 is 24.0 Å². The predicted molar refractivity (Wildman–Crippen MR) is 129 cm³/mol. The highest BCUT2D eigenvalue weighted by Crippen LogP contribution is 2.59. The van der Waals surface area contributed by atoms with Gasteiger partial charge < -0.3 is 15.5 Å². The van der Waals surface area contributed by atoms with Crippen molar-refractivity contribution in [3.63, 3.8) is 0 Å². The first-order valence-corrected chi connectivity index (χ1v) is 11.0. The van der Waals surface area contributed by atoms with E-state index in [1.165, 1.54) is 12.8 Å². The standard InChI is InChI=1S/C23H34N4O.HI/c1-4-24-23(26-17-11-12-27(14-17)22(28)15(2)3)25-13-20-19-10-9-16-7-5-6-8-18(16)21(19)20;/h5-8,15,17,19-21H,4,9-14H2,1-3H3,(H2,24,25,26);1H. The van der Waals surface area contributed by atoms with E-state index in [1.807, 2.05) is 18.7 Å². The Labute approximate surface area is 192 Å². The number of guanidine groups is 1. The fraction of sp³-hybridized carbons (Fsp3) is 0.652. The molecule has 0 aromatic heterocycles. The minimum Gasteiger partial charge on any atom is -0.357 e. The minimum absolute atomic E-state index is 0. The molecule has 1 saturated carbocycles. The third-order valence-corrected chi connectivity index (χ3v) is 6.63. The molecule has 4 atom stereocenters. The van der Waals surface area contributed by atoms with Crippen molar-refractivity contribution in [1.82, 2.24) is 15.5 Å². The molecule has 160 valence electrons. The van der Waals surface area contributed by atoms with Gasteiger partial charge in [0, 0.05) is 38.1 Å². The van der Waals surface area contributed by atoms with Gasteiger partial charge in [-0.15, -0.1) is 24.0 Å². The van der Waals surface area contributed by atoms with E-state index in [1.54, 1.807) is 11.1 Å². The van der Waals surface area contributed by atoms with E-state index in [0.29, 0.717) is 17.9 Å². The van der Waals surface area contributed by atoms with Crippen LogP contribution in [0.25, 0.3) is 0 Å². The Hall–Kier alpha value is -1.31. The smallest absolute Gasteiger partial charge is 0.225 e. The number of halogens is 1. The lowest BCUT2D eigenvalue weighted by atomic mass is 9.92. The number of hydrogen-bond acceptors (Lipinski definition) is 2. The summed E-state index contributed by atoms with van der Waals surface area (Å²) in [6.45, 7) is 9.42. The van der Waals surface area contributed by atoms with Crippen LogP contribution in [0.2, 0.25) is 0 Å². The van der Waals surface area contributed by atoms with Gasteiger partial charge in [-0.05, 0) is 55.1 Å².